The first-order chi connectivity index (χ1) is 9.45. The smallest absolute Gasteiger partial charge is 0.282 e. The van der Waals surface area contributed by atoms with Crippen LogP contribution in [0.4, 0.5) is 0 Å². The second-order valence-corrected chi connectivity index (χ2v) is 7.56. The maximum absolute atomic E-state index is 12.5. The SMILES string of the molecule is CN(Cc1nccn1C)S(=O)(=O)N1CCC(CCl)CC1. The van der Waals surface area contributed by atoms with E-state index in [4.69, 9.17) is 11.6 Å². The third kappa shape index (κ3) is 3.33. The molecule has 0 N–H and O–H groups in total. The zero-order valence-electron chi connectivity index (χ0n) is 11.9. The standard InChI is InChI=1S/C12H21ClN4O2S/c1-15-8-5-14-12(15)10-16(2)20(18,19)17-6-3-11(9-13)4-7-17/h5,8,11H,3-4,6-7,9-10H2,1-2H3. The van der Waals surface area contributed by atoms with Gasteiger partial charge in [-0.25, -0.2) is 4.98 Å². The lowest BCUT2D eigenvalue weighted by Crippen LogP contribution is -2.45. The Morgan fingerprint density at radius 1 is 1.45 bits per heavy atom. The fraction of sp³-hybridized carbons (Fsp3) is 0.750. The van der Waals surface area contributed by atoms with Crippen molar-refractivity contribution in [2.75, 3.05) is 26.0 Å². The van der Waals surface area contributed by atoms with Gasteiger partial charge in [0.1, 0.15) is 5.82 Å². The second kappa shape index (κ2) is 6.43. The molecule has 114 valence electrons. The van der Waals surface area contributed by atoms with Gasteiger partial charge >= 0.3 is 0 Å². The Hall–Kier alpha value is -0.630. The number of halogens is 1. The fourth-order valence-electron chi connectivity index (χ4n) is 2.32. The summed E-state index contributed by atoms with van der Waals surface area (Å²) < 4.78 is 29.7. The van der Waals surface area contributed by atoms with Gasteiger partial charge in [0.05, 0.1) is 6.54 Å². The summed E-state index contributed by atoms with van der Waals surface area (Å²) in [5, 5.41) is 0. The molecular formula is C12H21ClN4O2S. The van der Waals surface area contributed by atoms with Gasteiger partial charge in [-0.05, 0) is 18.8 Å². The maximum atomic E-state index is 12.5. The second-order valence-electron chi connectivity index (χ2n) is 5.21. The van der Waals surface area contributed by atoms with Crippen LogP contribution in [0.5, 0.6) is 0 Å². The van der Waals surface area contributed by atoms with Crippen molar-refractivity contribution in [3.8, 4) is 0 Å². The van der Waals surface area contributed by atoms with Gasteiger partial charge in [-0.3, -0.25) is 0 Å². The van der Waals surface area contributed by atoms with Crippen molar-refractivity contribution in [3.63, 3.8) is 0 Å². The molecule has 0 radical (unpaired) electrons. The van der Waals surface area contributed by atoms with E-state index in [-0.39, 0.29) is 6.54 Å². The molecule has 2 rings (SSSR count). The Labute approximate surface area is 125 Å². The van der Waals surface area contributed by atoms with Gasteiger partial charge in [-0.15, -0.1) is 11.6 Å². The molecule has 0 aromatic carbocycles. The van der Waals surface area contributed by atoms with Gasteiger partial charge in [0.25, 0.3) is 10.2 Å². The van der Waals surface area contributed by atoms with E-state index in [0.717, 1.165) is 18.7 Å². The van der Waals surface area contributed by atoms with Gasteiger partial charge in [-0.1, -0.05) is 0 Å². The summed E-state index contributed by atoms with van der Waals surface area (Å²) in [7, 11) is 0.0345. The van der Waals surface area contributed by atoms with Crippen LogP contribution in [0.2, 0.25) is 0 Å². The molecular weight excluding hydrogens is 300 g/mol. The highest BCUT2D eigenvalue weighted by molar-refractivity contribution is 7.86. The van der Waals surface area contributed by atoms with E-state index in [1.54, 1.807) is 17.5 Å². The van der Waals surface area contributed by atoms with E-state index < -0.39 is 10.2 Å². The van der Waals surface area contributed by atoms with E-state index in [1.807, 2.05) is 17.8 Å². The summed E-state index contributed by atoms with van der Waals surface area (Å²) in [6.07, 6.45) is 5.14. The highest BCUT2D eigenvalue weighted by Gasteiger charge is 2.31. The summed E-state index contributed by atoms with van der Waals surface area (Å²) in [5.74, 6) is 1.77. The Kier molecular flexibility index (Phi) is 5.06. The summed E-state index contributed by atoms with van der Waals surface area (Å²) in [4.78, 5) is 4.16. The molecule has 1 fully saturated rings. The van der Waals surface area contributed by atoms with Crippen LogP contribution < -0.4 is 0 Å². The minimum absolute atomic E-state index is 0.279. The van der Waals surface area contributed by atoms with E-state index in [9.17, 15) is 8.42 Å². The third-order valence-electron chi connectivity index (χ3n) is 3.80. The fourth-order valence-corrected chi connectivity index (χ4v) is 3.97. The largest absolute Gasteiger partial charge is 0.337 e. The van der Waals surface area contributed by atoms with Gasteiger partial charge in [0.2, 0.25) is 0 Å². The molecule has 0 bridgehead atoms. The summed E-state index contributed by atoms with van der Waals surface area (Å²) in [5.41, 5.74) is 0. The number of piperidine rings is 1. The number of aryl methyl sites for hydroxylation is 1. The first-order valence-corrected chi connectivity index (χ1v) is 8.62. The first-order valence-electron chi connectivity index (χ1n) is 6.68. The van der Waals surface area contributed by atoms with Gasteiger partial charge < -0.3 is 4.57 Å². The average molecular weight is 321 g/mol. The Bertz CT molecular complexity index is 537. The average Bonchev–Trinajstić information content (AvgIpc) is 2.84. The van der Waals surface area contributed by atoms with Crippen molar-refractivity contribution in [3.05, 3.63) is 18.2 Å². The minimum Gasteiger partial charge on any atom is -0.337 e. The van der Waals surface area contributed by atoms with Crippen LogP contribution in [0, 0.1) is 5.92 Å². The number of imidazole rings is 1. The molecule has 20 heavy (non-hydrogen) atoms. The van der Waals surface area contributed by atoms with E-state index in [2.05, 4.69) is 4.98 Å². The molecule has 0 saturated carbocycles. The molecule has 0 amide bonds. The molecule has 2 heterocycles. The Morgan fingerprint density at radius 2 is 2.10 bits per heavy atom. The molecule has 0 spiro atoms. The molecule has 1 aromatic heterocycles. The quantitative estimate of drug-likeness (QED) is 0.762. The number of alkyl halides is 1. The van der Waals surface area contributed by atoms with Gasteiger partial charge in [-0.2, -0.15) is 17.0 Å². The van der Waals surface area contributed by atoms with Gasteiger partial charge in [0, 0.05) is 45.5 Å². The molecule has 1 saturated heterocycles. The van der Waals surface area contributed by atoms with Crippen LogP contribution in [0.15, 0.2) is 12.4 Å². The molecule has 6 nitrogen and oxygen atoms in total. The molecule has 0 unspecified atom stereocenters. The molecule has 1 aliphatic heterocycles. The Balaban J connectivity index is 2.01. The Morgan fingerprint density at radius 3 is 2.60 bits per heavy atom. The lowest BCUT2D eigenvalue weighted by molar-refractivity contribution is 0.270. The number of nitrogens with zero attached hydrogens (tertiary/aromatic N) is 4. The zero-order chi connectivity index (χ0) is 14.8. The highest BCUT2D eigenvalue weighted by atomic mass is 35.5. The normalized spacial score (nSPS) is 18.8. The van der Waals surface area contributed by atoms with Crippen LogP contribution >= 0.6 is 11.6 Å². The topological polar surface area (TPSA) is 58.4 Å². The molecule has 0 atom stereocenters. The number of rotatable bonds is 5. The number of hydrogen-bond acceptors (Lipinski definition) is 3. The predicted octanol–water partition coefficient (Wildman–Crippen LogP) is 1.05. The van der Waals surface area contributed by atoms with Crippen molar-refractivity contribution in [2.45, 2.75) is 19.4 Å². The van der Waals surface area contributed by atoms with Crippen LogP contribution in [-0.4, -0.2) is 52.6 Å². The van der Waals surface area contributed by atoms with E-state index in [0.29, 0.717) is 24.9 Å². The maximum Gasteiger partial charge on any atom is 0.282 e. The molecule has 8 heteroatoms. The van der Waals surface area contributed by atoms with Crippen molar-refractivity contribution in [1.29, 1.82) is 0 Å². The summed E-state index contributed by atoms with van der Waals surface area (Å²) in [6, 6.07) is 0. The molecule has 1 aliphatic rings. The zero-order valence-corrected chi connectivity index (χ0v) is 13.4. The van der Waals surface area contributed by atoms with E-state index >= 15 is 0 Å². The van der Waals surface area contributed by atoms with Crippen LogP contribution in [0.1, 0.15) is 18.7 Å². The van der Waals surface area contributed by atoms with Crippen molar-refractivity contribution in [2.24, 2.45) is 13.0 Å². The van der Waals surface area contributed by atoms with Crippen molar-refractivity contribution in [1.82, 2.24) is 18.2 Å². The first kappa shape index (κ1) is 15.8. The summed E-state index contributed by atoms with van der Waals surface area (Å²) >= 11 is 5.83. The third-order valence-corrected chi connectivity index (χ3v) is 6.17. The van der Waals surface area contributed by atoms with Crippen molar-refractivity contribution < 1.29 is 8.42 Å². The van der Waals surface area contributed by atoms with Crippen LogP contribution in [0.3, 0.4) is 0 Å². The number of hydrogen-bond donors (Lipinski definition) is 0. The van der Waals surface area contributed by atoms with Crippen molar-refractivity contribution >= 4 is 21.8 Å². The van der Waals surface area contributed by atoms with Crippen LogP contribution in [-0.2, 0) is 23.8 Å². The molecule has 0 aliphatic carbocycles. The monoisotopic (exact) mass is 320 g/mol. The van der Waals surface area contributed by atoms with Gasteiger partial charge in [0.15, 0.2) is 0 Å². The minimum atomic E-state index is -3.42. The van der Waals surface area contributed by atoms with E-state index in [1.165, 1.54) is 4.31 Å². The van der Waals surface area contributed by atoms with Crippen LogP contribution in [0.25, 0.3) is 0 Å². The summed E-state index contributed by atoms with van der Waals surface area (Å²) in [6.45, 7) is 1.37. The lowest BCUT2D eigenvalue weighted by Gasteiger charge is -2.33. The predicted molar refractivity (Wildman–Crippen MR) is 78.6 cm³/mol. The highest BCUT2D eigenvalue weighted by Crippen LogP contribution is 2.22. The lowest BCUT2D eigenvalue weighted by atomic mass is 10.0. The number of aromatic nitrogens is 2. The molecule has 1 aromatic rings.